The Kier molecular flexibility index (Phi) is 3.29. The van der Waals surface area contributed by atoms with Crippen molar-refractivity contribution in [2.45, 2.75) is 4.90 Å². The molecule has 0 unspecified atom stereocenters. The maximum absolute atomic E-state index is 5.11. The van der Waals surface area contributed by atoms with E-state index in [0.717, 1.165) is 16.4 Å². The van der Waals surface area contributed by atoms with E-state index in [9.17, 15) is 0 Å². The molecule has 1 aromatic carbocycles. The predicted molar refractivity (Wildman–Crippen MR) is 51.3 cm³/mol. The molecular weight excluding hydrogens is 172 g/mol. The summed E-state index contributed by atoms with van der Waals surface area (Å²) in [4.78, 5) is 1.14. The van der Waals surface area contributed by atoms with Gasteiger partial charge in [-0.2, -0.15) is 0 Å². The minimum Gasteiger partial charge on any atom is -0.497 e. The summed E-state index contributed by atoms with van der Waals surface area (Å²) in [5, 5.41) is 0. The molecule has 0 saturated carbocycles. The molecule has 0 spiro atoms. The second-order valence-corrected chi connectivity index (χ2v) is 3.13. The van der Waals surface area contributed by atoms with Crippen LogP contribution in [0.5, 0.6) is 11.5 Å². The first-order valence-electron chi connectivity index (χ1n) is 3.57. The second kappa shape index (κ2) is 4.26. The van der Waals surface area contributed by atoms with Gasteiger partial charge in [-0.05, 0) is 18.4 Å². The largest absolute Gasteiger partial charge is 0.497 e. The van der Waals surface area contributed by atoms with Gasteiger partial charge in [-0.15, -0.1) is 11.8 Å². The highest BCUT2D eigenvalue weighted by atomic mass is 32.2. The zero-order valence-corrected chi connectivity index (χ0v) is 8.27. The summed E-state index contributed by atoms with van der Waals surface area (Å²) in [6.07, 6.45) is 2.02. The van der Waals surface area contributed by atoms with Crippen LogP contribution in [0.1, 0.15) is 0 Å². The molecule has 0 heterocycles. The molecule has 0 radical (unpaired) electrons. The Morgan fingerprint density at radius 2 is 1.50 bits per heavy atom. The summed E-state index contributed by atoms with van der Waals surface area (Å²) in [5.74, 6) is 1.66. The first kappa shape index (κ1) is 9.26. The maximum atomic E-state index is 5.11. The smallest absolute Gasteiger partial charge is 0.123 e. The highest BCUT2D eigenvalue weighted by Crippen LogP contribution is 2.27. The highest BCUT2D eigenvalue weighted by Gasteiger charge is 1.99. The zero-order chi connectivity index (χ0) is 8.97. The molecule has 0 fully saturated rings. The van der Waals surface area contributed by atoms with Crippen molar-refractivity contribution < 1.29 is 9.47 Å². The number of thioether (sulfide) groups is 1. The van der Waals surface area contributed by atoms with Crippen molar-refractivity contribution in [2.24, 2.45) is 0 Å². The van der Waals surface area contributed by atoms with Gasteiger partial charge in [0.05, 0.1) is 14.2 Å². The van der Waals surface area contributed by atoms with Crippen molar-refractivity contribution in [2.75, 3.05) is 20.5 Å². The molecule has 0 aliphatic carbocycles. The molecule has 12 heavy (non-hydrogen) atoms. The molecule has 66 valence electrons. The minimum atomic E-state index is 0.832. The number of hydrogen-bond donors (Lipinski definition) is 0. The van der Waals surface area contributed by atoms with Crippen molar-refractivity contribution in [1.29, 1.82) is 0 Å². The van der Waals surface area contributed by atoms with Crippen molar-refractivity contribution >= 4 is 11.8 Å². The third-order valence-corrected chi connectivity index (χ3v) is 2.27. The van der Waals surface area contributed by atoms with Crippen LogP contribution < -0.4 is 9.47 Å². The maximum Gasteiger partial charge on any atom is 0.123 e. The number of ether oxygens (including phenoxy) is 2. The quantitative estimate of drug-likeness (QED) is 0.672. The Morgan fingerprint density at radius 1 is 1.00 bits per heavy atom. The summed E-state index contributed by atoms with van der Waals surface area (Å²) in [7, 11) is 3.30. The minimum absolute atomic E-state index is 0.832. The van der Waals surface area contributed by atoms with E-state index >= 15 is 0 Å². The summed E-state index contributed by atoms with van der Waals surface area (Å²) in [5.41, 5.74) is 0. The third-order valence-electron chi connectivity index (χ3n) is 1.56. The number of hydrogen-bond acceptors (Lipinski definition) is 3. The molecule has 2 nitrogen and oxygen atoms in total. The fourth-order valence-electron chi connectivity index (χ4n) is 0.899. The standard InChI is InChI=1S/C9H12O2S/c1-10-7-4-8(11-2)6-9(5-7)12-3/h4-6H,1-3H3. The Balaban J connectivity index is 3.01. The van der Waals surface area contributed by atoms with Crippen LogP contribution in [-0.4, -0.2) is 20.5 Å². The molecule has 0 bridgehead atoms. The van der Waals surface area contributed by atoms with Gasteiger partial charge >= 0.3 is 0 Å². The molecule has 0 saturated heterocycles. The van der Waals surface area contributed by atoms with E-state index in [-0.39, 0.29) is 0 Å². The van der Waals surface area contributed by atoms with E-state index in [4.69, 9.17) is 9.47 Å². The zero-order valence-electron chi connectivity index (χ0n) is 7.46. The van der Waals surface area contributed by atoms with Gasteiger partial charge in [-0.3, -0.25) is 0 Å². The Morgan fingerprint density at radius 3 is 1.83 bits per heavy atom. The number of rotatable bonds is 3. The number of methoxy groups -OCH3 is 2. The van der Waals surface area contributed by atoms with Gasteiger partial charge in [0.2, 0.25) is 0 Å². The van der Waals surface area contributed by atoms with Crippen LogP contribution in [0, 0.1) is 0 Å². The van der Waals surface area contributed by atoms with Gasteiger partial charge in [0.15, 0.2) is 0 Å². The van der Waals surface area contributed by atoms with Crippen LogP contribution in [0.2, 0.25) is 0 Å². The lowest BCUT2D eigenvalue weighted by molar-refractivity contribution is 0.392. The SMILES string of the molecule is COc1cc(OC)cc(SC)c1. The van der Waals surface area contributed by atoms with Crippen molar-refractivity contribution in [3.05, 3.63) is 18.2 Å². The Bertz CT molecular complexity index is 205. The van der Waals surface area contributed by atoms with E-state index < -0.39 is 0 Å². The van der Waals surface area contributed by atoms with E-state index in [1.54, 1.807) is 26.0 Å². The molecule has 0 atom stereocenters. The molecular formula is C9H12O2S. The van der Waals surface area contributed by atoms with Crippen LogP contribution in [-0.2, 0) is 0 Å². The summed E-state index contributed by atoms with van der Waals surface area (Å²) < 4.78 is 10.2. The molecule has 3 heteroatoms. The molecule has 0 aromatic heterocycles. The fourth-order valence-corrected chi connectivity index (χ4v) is 1.37. The molecule has 0 N–H and O–H groups in total. The van der Waals surface area contributed by atoms with Crippen LogP contribution in [0.15, 0.2) is 23.1 Å². The van der Waals surface area contributed by atoms with E-state index in [1.807, 2.05) is 24.5 Å². The van der Waals surface area contributed by atoms with Crippen LogP contribution >= 0.6 is 11.8 Å². The van der Waals surface area contributed by atoms with E-state index in [1.165, 1.54) is 0 Å². The van der Waals surface area contributed by atoms with Gasteiger partial charge in [0.25, 0.3) is 0 Å². The average molecular weight is 184 g/mol. The van der Waals surface area contributed by atoms with Gasteiger partial charge in [-0.1, -0.05) is 0 Å². The first-order chi connectivity index (χ1) is 5.80. The van der Waals surface area contributed by atoms with Gasteiger partial charge in [0, 0.05) is 11.0 Å². The lowest BCUT2D eigenvalue weighted by Gasteiger charge is -2.05. The Hall–Kier alpha value is -0.830. The second-order valence-electron chi connectivity index (χ2n) is 2.25. The van der Waals surface area contributed by atoms with Crippen molar-refractivity contribution in [1.82, 2.24) is 0 Å². The average Bonchev–Trinajstić information content (AvgIpc) is 2.16. The van der Waals surface area contributed by atoms with Gasteiger partial charge in [-0.25, -0.2) is 0 Å². The van der Waals surface area contributed by atoms with Gasteiger partial charge < -0.3 is 9.47 Å². The highest BCUT2D eigenvalue weighted by molar-refractivity contribution is 7.98. The monoisotopic (exact) mass is 184 g/mol. The van der Waals surface area contributed by atoms with E-state index in [2.05, 4.69) is 0 Å². The molecule has 0 aliphatic rings. The topological polar surface area (TPSA) is 18.5 Å². The van der Waals surface area contributed by atoms with Crippen molar-refractivity contribution in [3.8, 4) is 11.5 Å². The third kappa shape index (κ3) is 2.08. The molecule has 0 amide bonds. The normalized spacial score (nSPS) is 9.58. The van der Waals surface area contributed by atoms with Crippen LogP contribution in [0.25, 0.3) is 0 Å². The van der Waals surface area contributed by atoms with Gasteiger partial charge in [0.1, 0.15) is 11.5 Å². The summed E-state index contributed by atoms with van der Waals surface area (Å²) in [6, 6.07) is 5.82. The molecule has 1 rings (SSSR count). The van der Waals surface area contributed by atoms with Crippen LogP contribution in [0.4, 0.5) is 0 Å². The summed E-state index contributed by atoms with van der Waals surface area (Å²) in [6.45, 7) is 0. The predicted octanol–water partition coefficient (Wildman–Crippen LogP) is 2.43. The fraction of sp³-hybridized carbons (Fsp3) is 0.333. The Labute approximate surface area is 76.9 Å². The summed E-state index contributed by atoms with van der Waals surface area (Å²) >= 11 is 1.67. The first-order valence-corrected chi connectivity index (χ1v) is 4.79. The lowest BCUT2D eigenvalue weighted by Crippen LogP contribution is -1.87. The molecule has 1 aromatic rings. The molecule has 0 aliphatic heterocycles. The van der Waals surface area contributed by atoms with Crippen LogP contribution in [0.3, 0.4) is 0 Å². The number of benzene rings is 1. The van der Waals surface area contributed by atoms with Crippen molar-refractivity contribution in [3.63, 3.8) is 0 Å². The van der Waals surface area contributed by atoms with E-state index in [0.29, 0.717) is 0 Å². The lowest BCUT2D eigenvalue weighted by atomic mass is 10.3.